The Labute approximate surface area is 105 Å². The number of carbonyl (C=O) groups excluding carboxylic acids is 1. The average molecular weight is 239 g/mol. The van der Waals surface area contributed by atoms with Gasteiger partial charge in [-0.1, -0.05) is 26.3 Å². The van der Waals surface area contributed by atoms with Crippen molar-refractivity contribution in [3.05, 3.63) is 12.2 Å². The van der Waals surface area contributed by atoms with E-state index in [1.54, 1.807) is 0 Å². The van der Waals surface area contributed by atoms with Gasteiger partial charge in [-0.3, -0.25) is 4.90 Å². The van der Waals surface area contributed by atoms with E-state index in [4.69, 9.17) is 4.74 Å². The Hall–Kier alpha value is -0.830. The monoisotopic (exact) mass is 239 g/mol. The van der Waals surface area contributed by atoms with Crippen LogP contribution in [0.25, 0.3) is 0 Å². The van der Waals surface area contributed by atoms with Gasteiger partial charge in [0.2, 0.25) is 0 Å². The molecule has 1 rings (SSSR count). The third kappa shape index (κ3) is 4.90. The largest absolute Gasteiger partial charge is 0.463 e. The summed E-state index contributed by atoms with van der Waals surface area (Å²) in [6, 6.07) is 0. The molecular formula is C14H25NO2. The van der Waals surface area contributed by atoms with Crippen molar-refractivity contribution in [2.45, 2.75) is 39.5 Å². The molecule has 0 saturated carbocycles. The van der Waals surface area contributed by atoms with Crippen LogP contribution in [-0.4, -0.2) is 37.1 Å². The molecule has 0 aromatic carbocycles. The Morgan fingerprint density at radius 2 is 2.00 bits per heavy atom. The first kappa shape index (κ1) is 14.2. The van der Waals surface area contributed by atoms with Crippen molar-refractivity contribution in [1.82, 2.24) is 4.90 Å². The van der Waals surface area contributed by atoms with Gasteiger partial charge in [-0.15, -0.1) is 0 Å². The summed E-state index contributed by atoms with van der Waals surface area (Å²) in [4.78, 5) is 13.7. The number of nitrogens with zero attached hydrogens (tertiary/aromatic N) is 1. The maximum absolute atomic E-state index is 11.4. The zero-order chi connectivity index (χ0) is 12.7. The Balaban J connectivity index is 2.25. The number of esters is 1. The predicted octanol–water partition coefficient (Wildman–Crippen LogP) is 2.62. The van der Waals surface area contributed by atoms with Crippen LogP contribution < -0.4 is 0 Å². The molecule has 0 amide bonds. The lowest BCUT2D eigenvalue weighted by Crippen LogP contribution is -2.36. The van der Waals surface area contributed by atoms with Crippen LogP contribution in [-0.2, 0) is 9.53 Å². The van der Waals surface area contributed by atoms with Gasteiger partial charge in [0.25, 0.3) is 0 Å². The number of hydrogen-bond donors (Lipinski definition) is 0. The van der Waals surface area contributed by atoms with E-state index in [0.29, 0.717) is 18.7 Å². The number of rotatable bonds is 6. The van der Waals surface area contributed by atoms with Crippen LogP contribution >= 0.6 is 0 Å². The zero-order valence-electron chi connectivity index (χ0n) is 11.2. The second kappa shape index (κ2) is 7.49. The third-order valence-electron chi connectivity index (χ3n) is 3.38. The molecule has 1 aliphatic heterocycles. The van der Waals surface area contributed by atoms with E-state index in [0.717, 1.165) is 19.0 Å². The topological polar surface area (TPSA) is 29.5 Å². The van der Waals surface area contributed by atoms with Gasteiger partial charge in [-0.2, -0.15) is 0 Å². The minimum atomic E-state index is -0.247. The minimum Gasteiger partial charge on any atom is -0.463 e. The van der Waals surface area contributed by atoms with Crippen LogP contribution in [0.15, 0.2) is 12.2 Å². The van der Waals surface area contributed by atoms with E-state index in [1.165, 1.54) is 25.7 Å². The molecule has 98 valence electrons. The van der Waals surface area contributed by atoms with Crippen LogP contribution in [0.2, 0.25) is 0 Å². The number of carbonyl (C=O) groups is 1. The van der Waals surface area contributed by atoms with Gasteiger partial charge in [0.15, 0.2) is 0 Å². The lowest BCUT2D eigenvalue weighted by atomic mass is 9.92. The lowest BCUT2D eigenvalue weighted by Gasteiger charge is -2.31. The maximum Gasteiger partial charge on any atom is 0.334 e. The molecule has 0 unspecified atom stereocenters. The highest BCUT2D eigenvalue weighted by Gasteiger charge is 2.20. The Morgan fingerprint density at radius 1 is 1.35 bits per heavy atom. The van der Waals surface area contributed by atoms with Crippen molar-refractivity contribution < 1.29 is 9.53 Å². The highest BCUT2D eigenvalue weighted by molar-refractivity contribution is 5.88. The SMILES string of the molecule is C=C(CN1CCC(CCC)CC1)C(=O)OCC. The summed E-state index contributed by atoms with van der Waals surface area (Å²) in [5, 5.41) is 0. The fourth-order valence-corrected chi connectivity index (χ4v) is 2.41. The minimum absolute atomic E-state index is 0.247. The van der Waals surface area contributed by atoms with Gasteiger partial charge in [0, 0.05) is 12.1 Å². The molecule has 0 aliphatic carbocycles. The van der Waals surface area contributed by atoms with Crippen molar-refractivity contribution in [2.24, 2.45) is 5.92 Å². The van der Waals surface area contributed by atoms with Crippen LogP contribution in [0, 0.1) is 5.92 Å². The number of ether oxygens (including phenoxy) is 1. The van der Waals surface area contributed by atoms with Crippen LogP contribution in [0.5, 0.6) is 0 Å². The molecule has 0 atom stereocenters. The lowest BCUT2D eigenvalue weighted by molar-refractivity contribution is -0.138. The second-order valence-corrected chi connectivity index (χ2v) is 4.83. The van der Waals surface area contributed by atoms with E-state index in [-0.39, 0.29) is 5.97 Å². The van der Waals surface area contributed by atoms with E-state index in [2.05, 4.69) is 18.4 Å². The molecule has 0 aromatic heterocycles. The second-order valence-electron chi connectivity index (χ2n) is 4.83. The van der Waals surface area contributed by atoms with E-state index >= 15 is 0 Å². The standard InChI is InChI=1S/C14H25NO2/c1-4-6-13-7-9-15(10-8-13)11-12(3)14(16)17-5-2/h13H,3-11H2,1-2H3. The van der Waals surface area contributed by atoms with Crippen molar-refractivity contribution in [3.8, 4) is 0 Å². The number of piperidine rings is 1. The molecule has 1 heterocycles. The van der Waals surface area contributed by atoms with Gasteiger partial charge in [-0.05, 0) is 38.8 Å². The Bertz CT molecular complexity index is 255. The van der Waals surface area contributed by atoms with Gasteiger partial charge in [0.05, 0.1) is 6.61 Å². The van der Waals surface area contributed by atoms with Crippen molar-refractivity contribution >= 4 is 5.97 Å². The normalized spacial score (nSPS) is 18.0. The summed E-state index contributed by atoms with van der Waals surface area (Å²) >= 11 is 0. The molecule has 3 heteroatoms. The smallest absolute Gasteiger partial charge is 0.334 e. The third-order valence-corrected chi connectivity index (χ3v) is 3.38. The van der Waals surface area contributed by atoms with Crippen molar-refractivity contribution in [1.29, 1.82) is 0 Å². The molecule has 3 nitrogen and oxygen atoms in total. The highest BCUT2D eigenvalue weighted by Crippen LogP contribution is 2.22. The fourth-order valence-electron chi connectivity index (χ4n) is 2.41. The number of likely N-dealkylation sites (tertiary alicyclic amines) is 1. The first-order valence-corrected chi connectivity index (χ1v) is 6.74. The predicted molar refractivity (Wildman–Crippen MR) is 69.8 cm³/mol. The van der Waals surface area contributed by atoms with Crippen molar-refractivity contribution in [3.63, 3.8) is 0 Å². The number of hydrogen-bond acceptors (Lipinski definition) is 3. The summed E-state index contributed by atoms with van der Waals surface area (Å²) in [5.41, 5.74) is 0.584. The molecule has 1 saturated heterocycles. The molecule has 0 aromatic rings. The molecule has 0 N–H and O–H groups in total. The maximum atomic E-state index is 11.4. The van der Waals surface area contributed by atoms with Gasteiger partial charge in [-0.25, -0.2) is 4.79 Å². The quantitative estimate of drug-likeness (QED) is 0.527. The van der Waals surface area contributed by atoms with E-state index in [1.807, 2.05) is 6.92 Å². The molecule has 1 fully saturated rings. The molecule has 0 radical (unpaired) electrons. The summed E-state index contributed by atoms with van der Waals surface area (Å²) in [6.07, 6.45) is 5.13. The van der Waals surface area contributed by atoms with E-state index < -0.39 is 0 Å². The first-order valence-electron chi connectivity index (χ1n) is 6.74. The summed E-state index contributed by atoms with van der Waals surface area (Å²) in [7, 11) is 0. The molecule has 17 heavy (non-hydrogen) atoms. The molecule has 0 bridgehead atoms. The molecule has 1 aliphatic rings. The summed E-state index contributed by atoms with van der Waals surface area (Å²) < 4.78 is 4.94. The van der Waals surface area contributed by atoms with Gasteiger partial charge in [0.1, 0.15) is 0 Å². The molecule has 0 spiro atoms. The average Bonchev–Trinajstić information content (AvgIpc) is 2.32. The van der Waals surface area contributed by atoms with Crippen molar-refractivity contribution in [2.75, 3.05) is 26.2 Å². The van der Waals surface area contributed by atoms with Gasteiger partial charge >= 0.3 is 5.97 Å². The molecular weight excluding hydrogens is 214 g/mol. The van der Waals surface area contributed by atoms with Crippen LogP contribution in [0.1, 0.15) is 39.5 Å². The Kier molecular flexibility index (Phi) is 6.27. The fraction of sp³-hybridized carbons (Fsp3) is 0.786. The van der Waals surface area contributed by atoms with E-state index in [9.17, 15) is 4.79 Å². The Morgan fingerprint density at radius 3 is 2.53 bits per heavy atom. The van der Waals surface area contributed by atoms with Crippen LogP contribution in [0.3, 0.4) is 0 Å². The highest BCUT2D eigenvalue weighted by atomic mass is 16.5. The first-order chi connectivity index (χ1) is 8.17. The van der Waals surface area contributed by atoms with Gasteiger partial charge < -0.3 is 4.74 Å². The van der Waals surface area contributed by atoms with Crippen LogP contribution in [0.4, 0.5) is 0 Å². The summed E-state index contributed by atoms with van der Waals surface area (Å²) in [6.45, 7) is 11.1. The summed E-state index contributed by atoms with van der Waals surface area (Å²) in [5.74, 6) is 0.635. The zero-order valence-corrected chi connectivity index (χ0v) is 11.2.